The molecule has 0 radical (unpaired) electrons. The number of carbonyl (C=O) groups excluding carboxylic acids is 3. The predicted molar refractivity (Wildman–Crippen MR) is 147 cm³/mol. The van der Waals surface area contributed by atoms with Crippen molar-refractivity contribution in [2.75, 3.05) is 5.32 Å². The zero-order valence-electron chi connectivity index (χ0n) is 24.1. The van der Waals surface area contributed by atoms with Gasteiger partial charge in [-0.05, 0) is 35.4 Å². The van der Waals surface area contributed by atoms with E-state index in [2.05, 4.69) is 25.9 Å². The van der Waals surface area contributed by atoms with Crippen LogP contribution in [0, 0.1) is 11.3 Å². The highest BCUT2D eigenvalue weighted by molar-refractivity contribution is 6.08. The van der Waals surface area contributed by atoms with E-state index in [9.17, 15) is 29.4 Å². The van der Waals surface area contributed by atoms with Crippen LogP contribution < -0.4 is 16.0 Å². The number of aliphatic hydroxyl groups excluding tert-OH is 1. The monoisotopic (exact) mass is 579 g/mol. The fourth-order valence-electron chi connectivity index (χ4n) is 5.16. The summed E-state index contributed by atoms with van der Waals surface area (Å²) in [6.07, 6.45) is -0.289. The van der Waals surface area contributed by atoms with Gasteiger partial charge in [0, 0.05) is 12.1 Å². The summed E-state index contributed by atoms with van der Waals surface area (Å²) in [4.78, 5) is 60.5. The van der Waals surface area contributed by atoms with Crippen molar-refractivity contribution >= 4 is 29.4 Å². The van der Waals surface area contributed by atoms with Crippen LogP contribution >= 0.6 is 0 Å². The van der Waals surface area contributed by atoms with Gasteiger partial charge in [-0.3, -0.25) is 14.4 Å². The minimum atomic E-state index is -1.44. The first-order valence-electron chi connectivity index (χ1n) is 13.5. The summed E-state index contributed by atoms with van der Waals surface area (Å²) < 4.78 is 11.8. The second-order valence-electron chi connectivity index (χ2n) is 12.3. The van der Waals surface area contributed by atoms with Gasteiger partial charge in [0.2, 0.25) is 29.5 Å². The number of aromatic nitrogens is 2. The molecule has 0 unspecified atom stereocenters. The summed E-state index contributed by atoms with van der Waals surface area (Å²) in [5.41, 5.74) is -0.799. The van der Waals surface area contributed by atoms with Crippen molar-refractivity contribution in [2.24, 2.45) is 11.3 Å². The van der Waals surface area contributed by atoms with E-state index in [-0.39, 0.29) is 41.3 Å². The van der Waals surface area contributed by atoms with Crippen LogP contribution in [-0.2, 0) is 26.2 Å². The van der Waals surface area contributed by atoms with E-state index in [1.807, 2.05) is 20.8 Å². The molecule has 3 aromatic rings. The number of aromatic carboxylic acids is 1. The molecule has 13 nitrogen and oxygen atoms in total. The highest BCUT2D eigenvalue weighted by Crippen LogP contribution is 2.48. The highest BCUT2D eigenvalue weighted by Gasteiger charge is 2.51. The number of nitrogens with one attached hydrogen (secondary N) is 3. The molecule has 4 heterocycles. The summed E-state index contributed by atoms with van der Waals surface area (Å²) in [5, 5.41) is 28.2. The van der Waals surface area contributed by atoms with Gasteiger partial charge in [-0.2, -0.15) is 0 Å². The first-order valence-corrected chi connectivity index (χ1v) is 13.5. The number of carboxylic acids is 1. The number of carboxylic acid groups (broad SMARTS) is 1. The van der Waals surface area contributed by atoms with E-state index >= 15 is 0 Å². The minimum Gasteiger partial charge on any atom is -0.476 e. The summed E-state index contributed by atoms with van der Waals surface area (Å²) in [7, 11) is 0. The van der Waals surface area contributed by atoms with Crippen molar-refractivity contribution < 1.29 is 38.2 Å². The van der Waals surface area contributed by atoms with Crippen LogP contribution in [-0.4, -0.2) is 56.0 Å². The molecule has 2 aromatic heterocycles. The van der Waals surface area contributed by atoms with Gasteiger partial charge >= 0.3 is 5.97 Å². The lowest BCUT2D eigenvalue weighted by atomic mass is 9.79. The van der Waals surface area contributed by atoms with Gasteiger partial charge in [0.05, 0.1) is 0 Å². The molecule has 42 heavy (non-hydrogen) atoms. The standard InChI is InChI=1S/C29H33N5O8/c1-12(2)19(35)23(37)30-16-10-13-7-8-15-14(9-13)29(6,27(40)32-15)21-18(24-31-17(11-41-24)26(38)39)33-25(42-21)20(28(3,4)5)34-22(16)36/h7-9,11-12,16,19-20,35H,10H2,1-6H3,(H,30,37)(H,32,40)(H,34,36)(H,38,39)/t16-,19-,20+,29-/m0/s1. The van der Waals surface area contributed by atoms with Gasteiger partial charge in [-0.15, -0.1) is 0 Å². The second kappa shape index (κ2) is 10.1. The molecule has 2 aliphatic heterocycles. The molecular formula is C29H33N5O8. The van der Waals surface area contributed by atoms with Crippen molar-refractivity contribution in [1.29, 1.82) is 0 Å². The Labute approximate surface area is 241 Å². The van der Waals surface area contributed by atoms with E-state index in [1.54, 1.807) is 39.0 Å². The minimum absolute atomic E-state index is 0.0149. The first-order chi connectivity index (χ1) is 19.6. The molecule has 4 atom stereocenters. The maximum Gasteiger partial charge on any atom is 0.357 e. The van der Waals surface area contributed by atoms with Crippen molar-refractivity contribution in [3.05, 3.63) is 52.9 Å². The Bertz CT molecular complexity index is 1600. The van der Waals surface area contributed by atoms with E-state index < -0.39 is 52.7 Å². The maximum absolute atomic E-state index is 13.8. The number of anilines is 1. The average molecular weight is 580 g/mol. The number of benzene rings is 1. The fourth-order valence-corrected chi connectivity index (χ4v) is 5.16. The SMILES string of the molecule is CC(C)[C@H](O)C(=O)N[C@H]1Cc2ccc3c(c2)[C@](C)(C(=O)N3)c2oc(nc2-c2nc(C(=O)O)co2)[C@H](C(C)(C)C)NC1=O. The van der Waals surface area contributed by atoms with Gasteiger partial charge < -0.3 is 35.0 Å². The lowest BCUT2D eigenvalue weighted by Crippen LogP contribution is -2.53. The number of fused-ring (bicyclic) bond motifs is 4. The van der Waals surface area contributed by atoms with Crippen molar-refractivity contribution in [3.63, 3.8) is 0 Å². The van der Waals surface area contributed by atoms with Crippen LogP contribution in [0.1, 0.15) is 80.9 Å². The molecular weight excluding hydrogens is 546 g/mol. The number of hydrogen-bond donors (Lipinski definition) is 5. The number of rotatable bonds is 5. The molecule has 2 aliphatic rings. The molecule has 0 fully saturated rings. The number of oxazole rings is 2. The molecule has 0 aliphatic carbocycles. The predicted octanol–water partition coefficient (Wildman–Crippen LogP) is 2.55. The molecule has 4 bridgehead atoms. The Hall–Kier alpha value is -4.52. The number of amides is 3. The largest absolute Gasteiger partial charge is 0.476 e. The first kappa shape index (κ1) is 29.0. The topological polar surface area (TPSA) is 197 Å². The molecule has 5 rings (SSSR count). The molecule has 3 amide bonds. The van der Waals surface area contributed by atoms with E-state index in [1.165, 1.54) is 0 Å². The number of carbonyl (C=O) groups is 4. The Balaban J connectivity index is 1.72. The maximum atomic E-state index is 13.8. The number of hydrogen-bond acceptors (Lipinski definition) is 9. The second-order valence-corrected chi connectivity index (χ2v) is 12.3. The van der Waals surface area contributed by atoms with Crippen LogP contribution in [0.15, 0.2) is 33.3 Å². The van der Waals surface area contributed by atoms with Crippen LogP contribution in [0.5, 0.6) is 0 Å². The molecule has 1 aromatic carbocycles. The molecule has 222 valence electrons. The third-order valence-electron chi connectivity index (χ3n) is 7.72. The number of aliphatic hydroxyl groups is 1. The Morgan fingerprint density at radius 2 is 1.90 bits per heavy atom. The fraction of sp³-hybridized carbons (Fsp3) is 0.448. The van der Waals surface area contributed by atoms with E-state index in [4.69, 9.17) is 8.83 Å². The highest BCUT2D eigenvalue weighted by atomic mass is 16.4. The third-order valence-corrected chi connectivity index (χ3v) is 7.72. The number of nitrogens with zero attached hydrogens (tertiary/aromatic N) is 2. The summed E-state index contributed by atoms with van der Waals surface area (Å²) >= 11 is 0. The van der Waals surface area contributed by atoms with E-state index in [0.717, 1.165) is 6.26 Å². The van der Waals surface area contributed by atoms with Crippen LogP contribution in [0.25, 0.3) is 11.6 Å². The van der Waals surface area contributed by atoms with Gasteiger partial charge in [0.25, 0.3) is 0 Å². The molecule has 0 saturated carbocycles. The zero-order chi connectivity index (χ0) is 30.7. The summed E-state index contributed by atoms with van der Waals surface area (Å²) in [6.45, 7) is 10.6. The summed E-state index contributed by atoms with van der Waals surface area (Å²) in [6, 6.07) is 3.23. The Kier molecular flexibility index (Phi) is 6.96. The van der Waals surface area contributed by atoms with Gasteiger partial charge in [0.1, 0.15) is 29.9 Å². The Morgan fingerprint density at radius 1 is 1.19 bits per heavy atom. The lowest BCUT2D eigenvalue weighted by Gasteiger charge is -2.31. The van der Waals surface area contributed by atoms with E-state index in [0.29, 0.717) is 16.8 Å². The molecule has 0 spiro atoms. The van der Waals surface area contributed by atoms with Crippen LogP contribution in [0.4, 0.5) is 5.69 Å². The van der Waals surface area contributed by atoms with Gasteiger partial charge in [0.15, 0.2) is 17.1 Å². The average Bonchev–Trinajstić information content (AvgIpc) is 3.62. The van der Waals surface area contributed by atoms with Crippen LogP contribution in [0.2, 0.25) is 0 Å². The Morgan fingerprint density at radius 3 is 2.52 bits per heavy atom. The molecule has 13 heteroatoms. The van der Waals surface area contributed by atoms with Gasteiger partial charge in [-0.1, -0.05) is 46.8 Å². The molecule has 0 saturated heterocycles. The third kappa shape index (κ3) is 4.83. The normalized spacial score (nSPS) is 22.6. The zero-order valence-corrected chi connectivity index (χ0v) is 24.1. The quantitative estimate of drug-likeness (QED) is 0.299. The lowest BCUT2D eigenvalue weighted by molar-refractivity contribution is -0.136. The van der Waals surface area contributed by atoms with Gasteiger partial charge in [-0.25, -0.2) is 14.8 Å². The smallest absolute Gasteiger partial charge is 0.357 e. The van der Waals surface area contributed by atoms with Crippen molar-refractivity contribution in [2.45, 2.75) is 71.6 Å². The summed E-state index contributed by atoms with van der Waals surface area (Å²) in [5.74, 6) is -3.40. The van der Waals surface area contributed by atoms with Crippen molar-refractivity contribution in [3.8, 4) is 11.6 Å². The van der Waals surface area contributed by atoms with Crippen LogP contribution in [0.3, 0.4) is 0 Å². The van der Waals surface area contributed by atoms with Crippen molar-refractivity contribution in [1.82, 2.24) is 20.6 Å². The molecule has 5 N–H and O–H groups in total.